The molecule has 1 aliphatic heterocycles. The van der Waals surface area contributed by atoms with E-state index in [0.717, 1.165) is 18.4 Å². The van der Waals surface area contributed by atoms with Crippen LogP contribution in [0.15, 0.2) is 71.3 Å². The van der Waals surface area contributed by atoms with E-state index in [-0.39, 0.29) is 30.9 Å². The Morgan fingerprint density at radius 2 is 1.80 bits per heavy atom. The Labute approximate surface area is 233 Å². The fourth-order valence-electron chi connectivity index (χ4n) is 4.66. The number of furan rings is 1. The Balaban J connectivity index is 1.63. The van der Waals surface area contributed by atoms with E-state index in [9.17, 15) is 14.4 Å². The molecule has 0 saturated carbocycles. The molecule has 4 rings (SSSR count). The van der Waals surface area contributed by atoms with Gasteiger partial charge in [-0.2, -0.15) is 0 Å². The lowest BCUT2D eigenvalue weighted by Crippen LogP contribution is -2.49. The smallest absolute Gasteiger partial charge is 0.287 e. The second kappa shape index (κ2) is 14.2. The number of ether oxygens (including phenoxy) is 3. The average Bonchev–Trinajstić information content (AvgIpc) is 3.72. The van der Waals surface area contributed by atoms with Crippen molar-refractivity contribution in [1.82, 2.24) is 15.5 Å². The maximum Gasteiger partial charge on any atom is 0.287 e. The fourth-order valence-corrected chi connectivity index (χ4v) is 4.66. The summed E-state index contributed by atoms with van der Waals surface area (Å²) in [6, 6.07) is 16.9. The van der Waals surface area contributed by atoms with Crippen LogP contribution < -0.4 is 20.1 Å². The highest BCUT2D eigenvalue weighted by Gasteiger charge is 2.33. The first-order valence-corrected chi connectivity index (χ1v) is 13.3. The molecule has 2 heterocycles. The Morgan fingerprint density at radius 1 is 1.00 bits per heavy atom. The number of hydrogen-bond acceptors (Lipinski definition) is 7. The van der Waals surface area contributed by atoms with Gasteiger partial charge >= 0.3 is 0 Å². The zero-order valence-electron chi connectivity index (χ0n) is 22.8. The Bertz CT molecular complexity index is 1260. The van der Waals surface area contributed by atoms with Gasteiger partial charge in [0.2, 0.25) is 11.8 Å². The van der Waals surface area contributed by atoms with E-state index in [1.165, 1.54) is 31.4 Å². The number of rotatable bonds is 13. The van der Waals surface area contributed by atoms with Crippen LogP contribution in [0.2, 0.25) is 0 Å². The third-order valence-corrected chi connectivity index (χ3v) is 6.76. The molecule has 1 saturated heterocycles. The molecule has 3 aromatic rings. The largest absolute Gasteiger partial charge is 0.493 e. The van der Waals surface area contributed by atoms with Crippen LogP contribution in [0, 0.1) is 0 Å². The third-order valence-electron chi connectivity index (χ3n) is 6.76. The van der Waals surface area contributed by atoms with Crippen molar-refractivity contribution < 1.29 is 33.0 Å². The van der Waals surface area contributed by atoms with Gasteiger partial charge in [0, 0.05) is 19.7 Å². The van der Waals surface area contributed by atoms with Crippen LogP contribution in [-0.4, -0.2) is 69.2 Å². The molecule has 1 aromatic heterocycles. The molecule has 10 nitrogen and oxygen atoms in total. The van der Waals surface area contributed by atoms with Gasteiger partial charge in [0.05, 0.1) is 33.1 Å². The maximum atomic E-state index is 13.8. The highest BCUT2D eigenvalue weighted by Crippen LogP contribution is 2.32. The molecule has 1 fully saturated rings. The van der Waals surface area contributed by atoms with Gasteiger partial charge in [0.25, 0.3) is 5.91 Å². The molecule has 0 bridgehead atoms. The SMILES string of the molecule is COc1ccc([C@@H](C(=O)NC[C@H]2CCCO2)N(CCc2ccccc2)C(=O)CNC(=O)c2ccco2)cc1OC. The Hall–Kier alpha value is -4.31. The maximum absolute atomic E-state index is 13.8. The van der Waals surface area contributed by atoms with Crippen molar-refractivity contribution in [2.45, 2.75) is 31.4 Å². The van der Waals surface area contributed by atoms with E-state index >= 15 is 0 Å². The molecule has 2 N–H and O–H groups in total. The molecular formula is C30H35N3O7. The van der Waals surface area contributed by atoms with E-state index in [4.69, 9.17) is 18.6 Å². The lowest BCUT2D eigenvalue weighted by atomic mass is 10.0. The molecule has 40 heavy (non-hydrogen) atoms. The highest BCUT2D eigenvalue weighted by atomic mass is 16.5. The number of carbonyl (C=O) groups is 3. The molecule has 0 unspecified atom stereocenters. The van der Waals surface area contributed by atoms with Crippen molar-refractivity contribution in [2.75, 3.05) is 40.5 Å². The van der Waals surface area contributed by atoms with E-state index in [0.29, 0.717) is 36.6 Å². The van der Waals surface area contributed by atoms with Crippen molar-refractivity contribution in [1.29, 1.82) is 0 Å². The summed E-state index contributed by atoms with van der Waals surface area (Å²) in [7, 11) is 3.04. The lowest BCUT2D eigenvalue weighted by Gasteiger charge is -2.32. The quantitative estimate of drug-likeness (QED) is 0.336. The van der Waals surface area contributed by atoms with Gasteiger partial charge in [-0.3, -0.25) is 14.4 Å². The molecule has 3 amide bonds. The third kappa shape index (κ3) is 7.41. The summed E-state index contributed by atoms with van der Waals surface area (Å²) < 4.78 is 21.7. The van der Waals surface area contributed by atoms with Crippen LogP contribution in [0.25, 0.3) is 0 Å². The number of benzene rings is 2. The zero-order chi connectivity index (χ0) is 28.3. The molecule has 0 aliphatic carbocycles. The van der Waals surface area contributed by atoms with Crippen molar-refractivity contribution in [3.63, 3.8) is 0 Å². The van der Waals surface area contributed by atoms with Gasteiger partial charge in [-0.25, -0.2) is 0 Å². The Kier molecular flexibility index (Phi) is 10.2. The highest BCUT2D eigenvalue weighted by molar-refractivity contribution is 5.95. The van der Waals surface area contributed by atoms with Crippen LogP contribution in [0.3, 0.4) is 0 Å². The summed E-state index contributed by atoms with van der Waals surface area (Å²) in [5.41, 5.74) is 1.55. The minimum absolute atomic E-state index is 0.0731. The molecule has 1 aliphatic rings. The summed E-state index contributed by atoms with van der Waals surface area (Å²) >= 11 is 0. The summed E-state index contributed by atoms with van der Waals surface area (Å²) in [4.78, 5) is 41.5. The van der Waals surface area contributed by atoms with Gasteiger partial charge in [0.15, 0.2) is 17.3 Å². The van der Waals surface area contributed by atoms with Crippen LogP contribution in [0.4, 0.5) is 0 Å². The minimum Gasteiger partial charge on any atom is -0.493 e. The van der Waals surface area contributed by atoms with Gasteiger partial charge in [-0.05, 0) is 54.7 Å². The second-order valence-electron chi connectivity index (χ2n) is 9.38. The van der Waals surface area contributed by atoms with Crippen molar-refractivity contribution >= 4 is 17.7 Å². The van der Waals surface area contributed by atoms with E-state index in [1.54, 1.807) is 24.3 Å². The van der Waals surface area contributed by atoms with Crippen LogP contribution in [0.5, 0.6) is 11.5 Å². The summed E-state index contributed by atoms with van der Waals surface area (Å²) in [5.74, 6) is -0.290. The monoisotopic (exact) mass is 549 g/mol. The zero-order valence-corrected chi connectivity index (χ0v) is 22.8. The van der Waals surface area contributed by atoms with E-state index < -0.39 is 17.9 Å². The van der Waals surface area contributed by atoms with Crippen LogP contribution in [0.1, 0.15) is 40.6 Å². The van der Waals surface area contributed by atoms with Crippen molar-refractivity contribution in [2.24, 2.45) is 0 Å². The number of nitrogens with one attached hydrogen (secondary N) is 2. The lowest BCUT2D eigenvalue weighted by molar-refractivity contribution is -0.140. The molecule has 0 spiro atoms. The van der Waals surface area contributed by atoms with E-state index in [1.807, 2.05) is 30.3 Å². The predicted molar refractivity (Wildman–Crippen MR) is 147 cm³/mol. The molecule has 2 aromatic carbocycles. The predicted octanol–water partition coefficient (Wildman–Crippen LogP) is 3.13. The summed E-state index contributed by atoms with van der Waals surface area (Å²) in [6.07, 6.45) is 3.61. The first kappa shape index (κ1) is 28.7. The first-order chi connectivity index (χ1) is 19.5. The average molecular weight is 550 g/mol. The minimum atomic E-state index is -1.00. The number of hydrogen-bond donors (Lipinski definition) is 2. The molecule has 2 atom stereocenters. The van der Waals surface area contributed by atoms with Crippen LogP contribution in [-0.2, 0) is 20.7 Å². The Morgan fingerprint density at radius 3 is 2.48 bits per heavy atom. The number of methoxy groups -OCH3 is 2. The summed E-state index contributed by atoms with van der Waals surface area (Å²) in [5, 5.41) is 5.58. The summed E-state index contributed by atoms with van der Waals surface area (Å²) in [6.45, 7) is 0.901. The second-order valence-corrected chi connectivity index (χ2v) is 9.38. The number of carbonyl (C=O) groups excluding carboxylic acids is 3. The van der Waals surface area contributed by atoms with E-state index in [2.05, 4.69) is 10.6 Å². The van der Waals surface area contributed by atoms with Crippen LogP contribution >= 0.6 is 0 Å². The fraction of sp³-hybridized carbons (Fsp3) is 0.367. The topological polar surface area (TPSA) is 119 Å². The van der Waals surface area contributed by atoms with Gasteiger partial charge in [-0.15, -0.1) is 0 Å². The standard InChI is InChI=1S/C30H35N3O7/c1-37-24-13-12-22(18-26(24)38-2)28(30(36)31-19-23-10-6-16-39-23)33(15-14-21-8-4-3-5-9-21)27(34)20-32-29(35)25-11-7-17-40-25/h3-5,7-9,11-13,17-18,23,28H,6,10,14-16,19-20H2,1-2H3,(H,31,36)(H,32,35)/t23-,28+/m1/s1. The van der Waals surface area contributed by atoms with Crippen molar-refractivity contribution in [3.8, 4) is 11.5 Å². The van der Waals surface area contributed by atoms with Gasteiger partial charge in [-0.1, -0.05) is 36.4 Å². The normalized spacial score (nSPS) is 15.2. The molecular weight excluding hydrogens is 514 g/mol. The van der Waals surface area contributed by atoms with Gasteiger partial charge < -0.3 is 34.2 Å². The van der Waals surface area contributed by atoms with Crippen molar-refractivity contribution in [3.05, 3.63) is 83.8 Å². The molecule has 212 valence electrons. The number of nitrogens with zero attached hydrogens (tertiary/aromatic N) is 1. The molecule has 10 heteroatoms. The van der Waals surface area contributed by atoms with Gasteiger partial charge in [0.1, 0.15) is 6.04 Å². The first-order valence-electron chi connectivity index (χ1n) is 13.3. The molecule has 0 radical (unpaired) electrons. The number of amides is 3.